The summed E-state index contributed by atoms with van der Waals surface area (Å²) in [4.78, 5) is 18.3. The predicted octanol–water partition coefficient (Wildman–Crippen LogP) is 2.44. The third-order valence-corrected chi connectivity index (χ3v) is 4.69. The molecule has 4 nitrogen and oxygen atoms in total. The Morgan fingerprint density at radius 1 is 1.32 bits per heavy atom. The minimum Gasteiger partial charge on any atom is -0.458 e. The monoisotopic (exact) mass is 274 g/mol. The molecule has 0 N–H and O–H groups in total. The maximum atomic E-state index is 11.5. The Morgan fingerprint density at radius 2 is 2.11 bits per heavy atom. The number of nitrogens with zero attached hydrogens (tertiary/aromatic N) is 2. The van der Waals surface area contributed by atoms with E-state index in [2.05, 4.69) is 16.0 Å². The molecule has 0 atom stereocenters. The summed E-state index contributed by atoms with van der Waals surface area (Å²) in [6, 6.07) is 8.14. The Balaban J connectivity index is 1.40. The first-order chi connectivity index (χ1) is 9.29. The number of anilines is 1. The molecule has 1 aliphatic carbocycles. The molecule has 1 aromatic heterocycles. The predicted molar refractivity (Wildman–Crippen MR) is 74.4 cm³/mol. The van der Waals surface area contributed by atoms with Gasteiger partial charge in [0, 0.05) is 0 Å². The van der Waals surface area contributed by atoms with Gasteiger partial charge < -0.3 is 9.64 Å². The van der Waals surface area contributed by atoms with Crippen LogP contribution >= 0.6 is 11.3 Å². The number of ether oxygens (including phenoxy) is 1. The highest BCUT2D eigenvalue weighted by Gasteiger charge is 2.37. The minimum atomic E-state index is -0.00560. The lowest BCUT2D eigenvalue weighted by molar-refractivity contribution is -0.151. The number of aromatic nitrogens is 1. The first-order valence-electron chi connectivity index (χ1n) is 6.60. The van der Waals surface area contributed by atoms with E-state index < -0.39 is 0 Å². The smallest absolute Gasteiger partial charge is 0.309 e. The van der Waals surface area contributed by atoms with Gasteiger partial charge in [-0.2, -0.15) is 0 Å². The van der Waals surface area contributed by atoms with Gasteiger partial charge in [-0.1, -0.05) is 23.5 Å². The Morgan fingerprint density at radius 3 is 2.84 bits per heavy atom. The van der Waals surface area contributed by atoms with Crippen LogP contribution in [0.25, 0.3) is 10.2 Å². The summed E-state index contributed by atoms with van der Waals surface area (Å²) in [5, 5.41) is 1.03. The van der Waals surface area contributed by atoms with E-state index in [9.17, 15) is 4.79 Å². The molecule has 2 aromatic rings. The molecule has 1 saturated carbocycles. The number of fused-ring (bicyclic) bond motifs is 1. The van der Waals surface area contributed by atoms with E-state index >= 15 is 0 Å². The summed E-state index contributed by atoms with van der Waals surface area (Å²) in [5.41, 5.74) is 1.04. The zero-order valence-corrected chi connectivity index (χ0v) is 11.2. The maximum Gasteiger partial charge on any atom is 0.309 e. The fraction of sp³-hybridized carbons (Fsp3) is 0.429. The largest absolute Gasteiger partial charge is 0.458 e. The van der Waals surface area contributed by atoms with Crippen LogP contribution in [-0.2, 0) is 9.53 Å². The molecule has 0 radical (unpaired) electrons. The zero-order valence-electron chi connectivity index (χ0n) is 10.4. The van der Waals surface area contributed by atoms with Crippen LogP contribution in [0.4, 0.5) is 5.13 Å². The standard InChI is InChI=1S/C14H14N2O2S/c17-13(9-5-6-9)18-10-7-16(8-10)14-15-11-3-1-2-4-12(11)19-14/h1-4,9-10H,5-8H2. The zero-order chi connectivity index (χ0) is 12.8. The van der Waals surface area contributed by atoms with Gasteiger partial charge in [0.25, 0.3) is 0 Å². The first kappa shape index (κ1) is 11.2. The van der Waals surface area contributed by atoms with Gasteiger partial charge in [-0.15, -0.1) is 0 Å². The second-order valence-electron chi connectivity index (χ2n) is 5.20. The van der Waals surface area contributed by atoms with E-state index in [4.69, 9.17) is 4.74 Å². The third kappa shape index (κ3) is 2.08. The van der Waals surface area contributed by atoms with Crippen molar-refractivity contribution in [2.45, 2.75) is 18.9 Å². The molecule has 2 aliphatic rings. The van der Waals surface area contributed by atoms with Crippen molar-refractivity contribution in [2.75, 3.05) is 18.0 Å². The lowest BCUT2D eigenvalue weighted by Crippen LogP contribution is -2.53. The number of rotatable bonds is 3. The molecule has 1 aliphatic heterocycles. The normalized spacial score (nSPS) is 19.5. The van der Waals surface area contributed by atoms with E-state index in [1.807, 2.05) is 18.2 Å². The number of carbonyl (C=O) groups excluding carboxylic acids is 1. The van der Waals surface area contributed by atoms with Crippen LogP contribution < -0.4 is 4.90 Å². The second kappa shape index (κ2) is 4.20. The average molecular weight is 274 g/mol. The van der Waals surface area contributed by atoms with Gasteiger partial charge in [0.1, 0.15) is 6.10 Å². The van der Waals surface area contributed by atoms with Crippen molar-refractivity contribution >= 4 is 32.7 Å². The Bertz CT molecular complexity index is 596. The number of benzene rings is 1. The molecule has 2 fully saturated rings. The second-order valence-corrected chi connectivity index (χ2v) is 6.21. The summed E-state index contributed by atoms with van der Waals surface area (Å²) in [6.45, 7) is 1.55. The van der Waals surface area contributed by atoms with Gasteiger partial charge in [0.2, 0.25) is 0 Å². The quantitative estimate of drug-likeness (QED) is 0.806. The Kier molecular flexibility index (Phi) is 2.48. The molecule has 1 aromatic carbocycles. The van der Waals surface area contributed by atoms with Crippen molar-refractivity contribution in [2.24, 2.45) is 5.92 Å². The van der Waals surface area contributed by atoms with Gasteiger partial charge in [-0.3, -0.25) is 4.79 Å². The highest BCUT2D eigenvalue weighted by Crippen LogP contribution is 2.34. The summed E-state index contributed by atoms with van der Waals surface area (Å²) in [5.74, 6) is 0.186. The van der Waals surface area contributed by atoms with Crippen molar-refractivity contribution in [3.05, 3.63) is 24.3 Å². The van der Waals surface area contributed by atoms with Crippen molar-refractivity contribution < 1.29 is 9.53 Å². The van der Waals surface area contributed by atoms with Gasteiger partial charge in [-0.25, -0.2) is 4.98 Å². The van der Waals surface area contributed by atoms with Gasteiger partial charge in [0.05, 0.1) is 29.2 Å². The molecule has 19 heavy (non-hydrogen) atoms. The van der Waals surface area contributed by atoms with E-state index in [-0.39, 0.29) is 18.0 Å². The lowest BCUT2D eigenvalue weighted by Gasteiger charge is -2.38. The van der Waals surface area contributed by atoms with Crippen molar-refractivity contribution in [3.63, 3.8) is 0 Å². The maximum absolute atomic E-state index is 11.5. The van der Waals surface area contributed by atoms with Gasteiger partial charge in [0.15, 0.2) is 5.13 Å². The van der Waals surface area contributed by atoms with Crippen LogP contribution in [0.2, 0.25) is 0 Å². The number of hydrogen-bond acceptors (Lipinski definition) is 5. The van der Waals surface area contributed by atoms with Crippen LogP contribution in [0, 0.1) is 5.92 Å². The van der Waals surface area contributed by atoms with Crippen LogP contribution in [0.15, 0.2) is 24.3 Å². The number of esters is 1. The van der Waals surface area contributed by atoms with E-state index in [0.717, 1.165) is 36.6 Å². The lowest BCUT2D eigenvalue weighted by atomic mass is 10.2. The molecular formula is C14H14N2O2S. The van der Waals surface area contributed by atoms with Crippen LogP contribution in [0.1, 0.15) is 12.8 Å². The molecule has 0 amide bonds. The van der Waals surface area contributed by atoms with E-state index in [1.165, 1.54) is 4.70 Å². The number of thiazole rings is 1. The minimum absolute atomic E-state index is 0.00560. The number of carbonyl (C=O) groups is 1. The molecule has 98 valence electrons. The third-order valence-electron chi connectivity index (χ3n) is 3.59. The van der Waals surface area contributed by atoms with Crippen LogP contribution in [0.3, 0.4) is 0 Å². The molecule has 0 spiro atoms. The van der Waals surface area contributed by atoms with Gasteiger partial charge >= 0.3 is 5.97 Å². The van der Waals surface area contributed by atoms with E-state index in [0.29, 0.717) is 0 Å². The highest BCUT2D eigenvalue weighted by atomic mass is 32.1. The summed E-state index contributed by atoms with van der Waals surface area (Å²) in [6.07, 6.45) is 2.07. The highest BCUT2D eigenvalue weighted by molar-refractivity contribution is 7.22. The Hall–Kier alpha value is -1.62. The fourth-order valence-electron chi connectivity index (χ4n) is 2.24. The topological polar surface area (TPSA) is 42.4 Å². The fourth-order valence-corrected chi connectivity index (χ4v) is 3.23. The summed E-state index contributed by atoms with van der Waals surface area (Å²) in [7, 11) is 0. The molecule has 0 unspecified atom stereocenters. The molecule has 4 rings (SSSR count). The number of hydrogen-bond donors (Lipinski definition) is 0. The molecule has 2 heterocycles. The molecule has 0 bridgehead atoms. The van der Waals surface area contributed by atoms with Crippen molar-refractivity contribution in [3.8, 4) is 0 Å². The van der Waals surface area contributed by atoms with Crippen LogP contribution in [-0.4, -0.2) is 30.1 Å². The van der Waals surface area contributed by atoms with Crippen LogP contribution in [0.5, 0.6) is 0 Å². The SMILES string of the molecule is O=C(OC1CN(c2nc3ccccc3s2)C1)C1CC1. The van der Waals surface area contributed by atoms with E-state index in [1.54, 1.807) is 11.3 Å². The number of para-hydroxylation sites is 1. The first-order valence-corrected chi connectivity index (χ1v) is 7.42. The summed E-state index contributed by atoms with van der Waals surface area (Å²) >= 11 is 1.70. The van der Waals surface area contributed by atoms with Crippen molar-refractivity contribution in [1.29, 1.82) is 0 Å². The Labute approximate surface area is 115 Å². The molecule has 1 saturated heterocycles. The van der Waals surface area contributed by atoms with Gasteiger partial charge in [-0.05, 0) is 25.0 Å². The molecule has 5 heteroatoms. The molecular weight excluding hydrogens is 260 g/mol. The summed E-state index contributed by atoms with van der Waals surface area (Å²) < 4.78 is 6.64. The average Bonchev–Trinajstić information content (AvgIpc) is 3.12. The van der Waals surface area contributed by atoms with Crippen molar-refractivity contribution in [1.82, 2.24) is 4.98 Å².